The van der Waals surface area contributed by atoms with Crippen molar-refractivity contribution in [3.8, 4) is 11.5 Å². The molecular weight excluding hydrogens is 428 g/mol. The minimum atomic E-state index is -0.660. The summed E-state index contributed by atoms with van der Waals surface area (Å²) in [4.78, 5) is 18.4. The zero-order valence-electron chi connectivity index (χ0n) is 18.7. The van der Waals surface area contributed by atoms with Gasteiger partial charge < -0.3 is 24.2 Å². The number of aliphatic hydroxyl groups is 1. The number of aliphatic hydroxyl groups excluding tert-OH is 1. The van der Waals surface area contributed by atoms with E-state index >= 15 is 0 Å². The van der Waals surface area contributed by atoms with Crippen molar-refractivity contribution in [1.29, 1.82) is 0 Å². The number of methoxy groups -OCH3 is 2. The van der Waals surface area contributed by atoms with E-state index in [0.29, 0.717) is 26.2 Å². The van der Waals surface area contributed by atoms with Gasteiger partial charge in [0.05, 0.1) is 32.4 Å². The molecule has 3 rings (SSSR count). The number of hydrogen-bond donors (Lipinski definition) is 1. The van der Waals surface area contributed by atoms with Crippen LogP contribution in [0.5, 0.6) is 11.5 Å². The highest BCUT2D eigenvalue weighted by atomic mass is 32.1. The van der Waals surface area contributed by atoms with E-state index in [1.165, 1.54) is 4.88 Å². The smallest absolute Gasteiger partial charge is 0.237 e. The van der Waals surface area contributed by atoms with Crippen molar-refractivity contribution in [2.24, 2.45) is 0 Å². The highest BCUT2D eigenvalue weighted by Crippen LogP contribution is 2.34. The van der Waals surface area contributed by atoms with Crippen LogP contribution in [0.1, 0.15) is 16.5 Å². The van der Waals surface area contributed by atoms with E-state index in [4.69, 9.17) is 14.2 Å². The first kappa shape index (κ1) is 24.3. The lowest BCUT2D eigenvalue weighted by Gasteiger charge is -2.37. The van der Waals surface area contributed by atoms with Gasteiger partial charge in [0, 0.05) is 31.6 Å². The van der Waals surface area contributed by atoms with Crippen molar-refractivity contribution in [2.75, 3.05) is 53.6 Å². The number of benzene rings is 1. The van der Waals surface area contributed by atoms with Crippen LogP contribution in [0, 0.1) is 0 Å². The average molecular weight is 461 g/mol. The molecule has 2 atom stereocenters. The molecule has 1 aliphatic rings. The molecule has 8 heteroatoms. The van der Waals surface area contributed by atoms with E-state index in [1.54, 1.807) is 31.6 Å². The summed E-state index contributed by atoms with van der Waals surface area (Å²) < 4.78 is 16.3. The Morgan fingerprint density at radius 1 is 1.31 bits per heavy atom. The maximum absolute atomic E-state index is 13.3. The number of carbonyl (C=O) groups is 1. The maximum atomic E-state index is 13.3. The lowest BCUT2D eigenvalue weighted by atomic mass is 10.0. The minimum Gasteiger partial charge on any atom is -0.497 e. The third kappa shape index (κ3) is 6.32. The summed E-state index contributed by atoms with van der Waals surface area (Å²) in [6.45, 7) is 6.07. The van der Waals surface area contributed by atoms with Gasteiger partial charge in [0.25, 0.3) is 0 Å². The summed E-state index contributed by atoms with van der Waals surface area (Å²) in [5.41, 5.74) is 1.15. The molecule has 2 aromatic rings. The molecule has 1 aromatic heterocycles. The number of fused-ring (bicyclic) bond motifs is 1. The lowest BCUT2D eigenvalue weighted by Crippen LogP contribution is -2.48. The minimum absolute atomic E-state index is 0.0108. The molecule has 2 heterocycles. The molecule has 32 heavy (non-hydrogen) atoms. The van der Waals surface area contributed by atoms with Crippen molar-refractivity contribution >= 4 is 17.2 Å². The fourth-order valence-corrected chi connectivity index (χ4v) is 4.86. The summed E-state index contributed by atoms with van der Waals surface area (Å²) in [5.74, 6) is 1.51. The fraction of sp³-hybridized carbons (Fsp3) is 0.458. The molecule has 0 radical (unpaired) electrons. The Bertz CT molecular complexity index is 870. The normalized spacial score (nSPS) is 16.5. The first-order valence-electron chi connectivity index (χ1n) is 10.7. The average Bonchev–Trinajstić information content (AvgIpc) is 3.27. The van der Waals surface area contributed by atoms with E-state index in [9.17, 15) is 9.90 Å². The Morgan fingerprint density at radius 2 is 2.06 bits per heavy atom. The van der Waals surface area contributed by atoms with Gasteiger partial charge in [-0.1, -0.05) is 6.08 Å². The summed E-state index contributed by atoms with van der Waals surface area (Å²) >= 11 is 1.72. The van der Waals surface area contributed by atoms with Crippen LogP contribution in [0.3, 0.4) is 0 Å². The third-order valence-corrected chi connectivity index (χ3v) is 6.45. The molecular formula is C24H32N2O5S. The van der Waals surface area contributed by atoms with Crippen LogP contribution in [-0.2, 0) is 16.0 Å². The van der Waals surface area contributed by atoms with Crippen LogP contribution in [0.25, 0.3) is 0 Å². The van der Waals surface area contributed by atoms with Crippen molar-refractivity contribution in [3.63, 3.8) is 0 Å². The number of thiophene rings is 1. The van der Waals surface area contributed by atoms with Crippen molar-refractivity contribution < 1.29 is 24.1 Å². The van der Waals surface area contributed by atoms with Crippen LogP contribution < -0.4 is 9.47 Å². The zero-order chi connectivity index (χ0) is 22.9. The molecule has 0 saturated carbocycles. The van der Waals surface area contributed by atoms with Gasteiger partial charge in [0.2, 0.25) is 5.91 Å². The van der Waals surface area contributed by atoms with Crippen LogP contribution in [0.4, 0.5) is 0 Å². The van der Waals surface area contributed by atoms with Gasteiger partial charge in [-0.2, -0.15) is 0 Å². The van der Waals surface area contributed by atoms with Gasteiger partial charge in [0.1, 0.15) is 18.1 Å². The SMILES string of the molecule is C=CCN(CC(=O)N1CCc2sccc2[C@H]1COc1ccc(OC)cc1)C[C@@H](O)COC. The van der Waals surface area contributed by atoms with Gasteiger partial charge in [-0.05, 0) is 47.7 Å². The molecule has 0 fully saturated rings. The first-order chi connectivity index (χ1) is 15.5. The lowest BCUT2D eigenvalue weighted by molar-refractivity contribution is -0.136. The third-order valence-electron chi connectivity index (χ3n) is 5.46. The van der Waals surface area contributed by atoms with Gasteiger partial charge in [-0.25, -0.2) is 0 Å². The molecule has 7 nitrogen and oxygen atoms in total. The number of carbonyl (C=O) groups excluding carboxylic acids is 1. The summed E-state index contributed by atoms with van der Waals surface area (Å²) in [5, 5.41) is 12.2. The molecule has 1 N–H and O–H groups in total. The number of rotatable bonds is 12. The summed E-state index contributed by atoms with van der Waals surface area (Å²) in [7, 11) is 3.18. The first-order valence-corrected chi connectivity index (χ1v) is 11.6. The van der Waals surface area contributed by atoms with E-state index in [0.717, 1.165) is 23.5 Å². The highest BCUT2D eigenvalue weighted by molar-refractivity contribution is 7.10. The van der Waals surface area contributed by atoms with Crippen molar-refractivity contribution in [2.45, 2.75) is 18.6 Å². The predicted octanol–water partition coefficient (Wildman–Crippen LogP) is 2.76. The molecule has 1 amide bonds. The van der Waals surface area contributed by atoms with E-state index in [1.807, 2.05) is 34.1 Å². The quantitative estimate of drug-likeness (QED) is 0.491. The number of ether oxygens (including phenoxy) is 3. The highest BCUT2D eigenvalue weighted by Gasteiger charge is 2.33. The van der Waals surface area contributed by atoms with Crippen LogP contribution in [-0.4, -0.2) is 80.5 Å². The second-order valence-corrected chi connectivity index (χ2v) is 8.73. The molecule has 174 valence electrons. The summed E-state index contributed by atoms with van der Waals surface area (Å²) in [6, 6.07) is 9.37. The van der Waals surface area contributed by atoms with E-state index in [2.05, 4.69) is 18.0 Å². The Balaban J connectivity index is 1.70. The number of hydrogen-bond acceptors (Lipinski definition) is 7. The Kier molecular flexibility index (Phi) is 9.11. The Hall–Kier alpha value is -2.39. The molecule has 1 aliphatic heterocycles. The zero-order valence-corrected chi connectivity index (χ0v) is 19.6. The molecule has 0 spiro atoms. The van der Waals surface area contributed by atoms with Crippen molar-refractivity contribution in [3.05, 3.63) is 58.8 Å². The maximum Gasteiger partial charge on any atom is 0.237 e. The topological polar surface area (TPSA) is 71.5 Å². The van der Waals surface area contributed by atoms with E-state index < -0.39 is 6.10 Å². The molecule has 0 aliphatic carbocycles. The number of amides is 1. The number of nitrogens with zero attached hydrogens (tertiary/aromatic N) is 2. The van der Waals surface area contributed by atoms with Gasteiger partial charge in [0.15, 0.2) is 0 Å². The summed E-state index contributed by atoms with van der Waals surface area (Å²) in [6.07, 6.45) is 1.92. The van der Waals surface area contributed by atoms with Gasteiger partial charge >= 0.3 is 0 Å². The predicted molar refractivity (Wildman–Crippen MR) is 125 cm³/mol. The fourth-order valence-electron chi connectivity index (χ4n) is 3.93. The van der Waals surface area contributed by atoms with Crippen molar-refractivity contribution in [1.82, 2.24) is 9.80 Å². The van der Waals surface area contributed by atoms with Crippen LogP contribution in [0.15, 0.2) is 48.4 Å². The second kappa shape index (κ2) is 12.0. The standard InChI is InChI=1S/C24H32N2O5S/c1-4-11-25(14-18(27)16-29-2)15-24(28)26-12-9-23-21(10-13-32-23)22(26)17-31-20-7-5-19(30-3)6-8-20/h4-8,10,13,18,22,27H,1,9,11-12,14-17H2,2-3H3/t18-,22-/m1/s1. The van der Waals surface area contributed by atoms with Gasteiger partial charge in [-0.3, -0.25) is 9.69 Å². The molecule has 0 bridgehead atoms. The van der Waals surface area contributed by atoms with Crippen LogP contribution in [0.2, 0.25) is 0 Å². The van der Waals surface area contributed by atoms with Gasteiger partial charge in [-0.15, -0.1) is 17.9 Å². The monoisotopic (exact) mass is 460 g/mol. The largest absolute Gasteiger partial charge is 0.497 e. The Morgan fingerprint density at radius 3 is 2.75 bits per heavy atom. The molecule has 1 aromatic carbocycles. The second-order valence-electron chi connectivity index (χ2n) is 7.73. The molecule has 0 unspecified atom stereocenters. The Labute approximate surface area is 193 Å². The van der Waals surface area contributed by atoms with E-state index in [-0.39, 0.29) is 25.1 Å². The molecule has 0 saturated heterocycles. The van der Waals surface area contributed by atoms with Crippen LogP contribution >= 0.6 is 11.3 Å².